The Balaban J connectivity index is 2.05. The summed E-state index contributed by atoms with van der Waals surface area (Å²) in [6, 6.07) is 13.6. The highest BCUT2D eigenvalue weighted by Gasteiger charge is 2.26. The zero-order valence-electron chi connectivity index (χ0n) is 16.2. The molecule has 0 aliphatic rings. The molecule has 2 rings (SSSR count). The maximum atomic E-state index is 12.5. The van der Waals surface area contributed by atoms with Gasteiger partial charge in [-0.2, -0.15) is 0 Å². The number of urea groups is 1. The van der Waals surface area contributed by atoms with Crippen LogP contribution < -0.4 is 16.4 Å². The SMILES string of the molecule is CC(=O)c1ccccc1NC(=O)[C@@H](C)OC(=O)[C@H](Cc1ccccc1)NC(N)=O. The van der Waals surface area contributed by atoms with Crippen LogP contribution in [0.15, 0.2) is 54.6 Å². The van der Waals surface area contributed by atoms with Crippen molar-refractivity contribution in [1.29, 1.82) is 0 Å². The molecule has 2 aromatic rings. The lowest BCUT2D eigenvalue weighted by Gasteiger charge is -2.20. The summed E-state index contributed by atoms with van der Waals surface area (Å²) in [6.45, 7) is 2.78. The van der Waals surface area contributed by atoms with Crippen LogP contribution in [0.1, 0.15) is 29.8 Å². The number of anilines is 1. The first-order chi connectivity index (χ1) is 13.8. The lowest BCUT2D eigenvalue weighted by atomic mass is 10.1. The van der Waals surface area contributed by atoms with E-state index in [1.54, 1.807) is 48.5 Å². The second kappa shape index (κ2) is 10.0. The van der Waals surface area contributed by atoms with Crippen LogP contribution in [0.5, 0.6) is 0 Å². The summed E-state index contributed by atoms with van der Waals surface area (Å²) in [5, 5.41) is 4.91. The van der Waals surface area contributed by atoms with E-state index >= 15 is 0 Å². The minimum atomic E-state index is -1.16. The minimum absolute atomic E-state index is 0.157. The first kappa shape index (κ1) is 21.6. The molecule has 0 fully saturated rings. The van der Waals surface area contributed by atoms with Crippen LogP contribution in [0.2, 0.25) is 0 Å². The van der Waals surface area contributed by atoms with Crippen molar-refractivity contribution in [3.05, 3.63) is 65.7 Å². The minimum Gasteiger partial charge on any atom is -0.451 e. The van der Waals surface area contributed by atoms with Gasteiger partial charge in [0.05, 0.1) is 5.69 Å². The summed E-state index contributed by atoms with van der Waals surface area (Å²) in [4.78, 5) is 47.8. The smallest absolute Gasteiger partial charge is 0.329 e. The fourth-order valence-electron chi connectivity index (χ4n) is 2.66. The Bertz CT molecular complexity index is 898. The van der Waals surface area contributed by atoms with E-state index in [9.17, 15) is 19.2 Å². The summed E-state index contributed by atoms with van der Waals surface area (Å²) in [7, 11) is 0. The van der Waals surface area contributed by atoms with E-state index in [2.05, 4.69) is 10.6 Å². The summed E-state index contributed by atoms with van der Waals surface area (Å²) in [6.07, 6.45) is -1.00. The van der Waals surface area contributed by atoms with E-state index in [-0.39, 0.29) is 12.2 Å². The van der Waals surface area contributed by atoms with E-state index < -0.39 is 30.1 Å². The van der Waals surface area contributed by atoms with Crippen LogP contribution in [0, 0.1) is 0 Å². The van der Waals surface area contributed by atoms with Gasteiger partial charge in [-0.05, 0) is 31.5 Å². The molecular formula is C21H23N3O5. The molecule has 0 aliphatic heterocycles. The molecule has 29 heavy (non-hydrogen) atoms. The van der Waals surface area contributed by atoms with Gasteiger partial charge in [-0.3, -0.25) is 9.59 Å². The average Bonchev–Trinajstić information content (AvgIpc) is 2.68. The third-order valence-corrected chi connectivity index (χ3v) is 4.11. The van der Waals surface area contributed by atoms with E-state index in [1.165, 1.54) is 13.8 Å². The number of ether oxygens (including phenoxy) is 1. The molecule has 0 heterocycles. The summed E-state index contributed by atoms with van der Waals surface area (Å²) < 4.78 is 5.21. The predicted molar refractivity (Wildman–Crippen MR) is 107 cm³/mol. The Morgan fingerprint density at radius 3 is 2.24 bits per heavy atom. The zero-order chi connectivity index (χ0) is 21.4. The Morgan fingerprint density at radius 2 is 1.62 bits per heavy atom. The van der Waals surface area contributed by atoms with Gasteiger partial charge in [-0.15, -0.1) is 0 Å². The maximum absolute atomic E-state index is 12.5. The number of nitrogens with two attached hydrogens (primary N) is 1. The number of carbonyl (C=O) groups is 4. The van der Waals surface area contributed by atoms with Gasteiger partial charge >= 0.3 is 12.0 Å². The number of rotatable bonds is 8. The van der Waals surface area contributed by atoms with Gasteiger partial charge in [0.2, 0.25) is 0 Å². The number of Topliss-reactive ketones (excluding diaryl/α,β-unsaturated/α-hetero) is 1. The van der Waals surface area contributed by atoms with Crippen molar-refractivity contribution in [1.82, 2.24) is 5.32 Å². The highest BCUT2D eigenvalue weighted by molar-refractivity contribution is 6.04. The average molecular weight is 397 g/mol. The fourth-order valence-corrected chi connectivity index (χ4v) is 2.66. The van der Waals surface area contributed by atoms with Gasteiger partial charge in [0.1, 0.15) is 6.04 Å². The molecule has 152 valence electrons. The van der Waals surface area contributed by atoms with Crippen LogP contribution in [0.4, 0.5) is 10.5 Å². The van der Waals surface area contributed by atoms with Crippen molar-refractivity contribution < 1.29 is 23.9 Å². The Morgan fingerprint density at radius 1 is 1.00 bits per heavy atom. The number of benzene rings is 2. The maximum Gasteiger partial charge on any atom is 0.329 e. The Labute approximate surface area is 168 Å². The molecule has 0 unspecified atom stereocenters. The van der Waals surface area contributed by atoms with Crippen molar-refractivity contribution in [3.63, 3.8) is 0 Å². The molecule has 2 aromatic carbocycles. The molecule has 2 atom stereocenters. The number of esters is 1. The number of carbonyl (C=O) groups excluding carboxylic acids is 4. The molecule has 0 spiro atoms. The van der Waals surface area contributed by atoms with Crippen LogP contribution >= 0.6 is 0 Å². The summed E-state index contributed by atoms with van der Waals surface area (Å²) in [5.74, 6) is -1.61. The van der Waals surface area contributed by atoms with Crippen LogP contribution in [0.3, 0.4) is 0 Å². The van der Waals surface area contributed by atoms with E-state index in [1.807, 2.05) is 6.07 Å². The second-order valence-corrected chi connectivity index (χ2v) is 6.42. The van der Waals surface area contributed by atoms with Crippen molar-refractivity contribution >= 4 is 29.4 Å². The van der Waals surface area contributed by atoms with Crippen LogP contribution in [0.25, 0.3) is 0 Å². The van der Waals surface area contributed by atoms with Gasteiger partial charge < -0.3 is 21.1 Å². The highest BCUT2D eigenvalue weighted by Crippen LogP contribution is 2.16. The van der Waals surface area contributed by atoms with Crippen molar-refractivity contribution in [2.75, 3.05) is 5.32 Å². The topological polar surface area (TPSA) is 128 Å². The molecule has 0 aliphatic carbocycles. The summed E-state index contributed by atoms with van der Waals surface area (Å²) in [5.41, 5.74) is 6.61. The normalized spacial score (nSPS) is 12.3. The van der Waals surface area contributed by atoms with Crippen LogP contribution in [-0.2, 0) is 20.7 Å². The van der Waals surface area contributed by atoms with Crippen molar-refractivity contribution in [2.45, 2.75) is 32.4 Å². The first-order valence-corrected chi connectivity index (χ1v) is 8.99. The van der Waals surface area contributed by atoms with Gasteiger partial charge in [0, 0.05) is 12.0 Å². The van der Waals surface area contributed by atoms with E-state index in [4.69, 9.17) is 10.5 Å². The third kappa shape index (κ3) is 6.46. The Kier molecular flexibility index (Phi) is 7.47. The van der Waals surface area contributed by atoms with E-state index in [0.717, 1.165) is 5.56 Å². The third-order valence-electron chi connectivity index (χ3n) is 4.11. The van der Waals surface area contributed by atoms with Gasteiger partial charge in [0.15, 0.2) is 11.9 Å². The van der Waals surface area contributed by atoms with Crippen LogP contribution in [-0.4, -0.2) is 35.8 Å². The number of hydrogen-bond acceptors (Lipinski definition) is 5. The zero-order valence-corrected chi connectivity index (χ0v) is 16.2. The molecule has 4 N–H and O–H groups in total. The molecule has 0 saturated heterocycles. The number of nitrogens with one attached hydrogen (secondary N) is 2. The molecule has 8 nitrogen and oxygen atoms in total. The van der Waals surface area contributed by atoms with E-state index in [0.29, 0.717) is 11.3 Å². The molecule has 3 amide bonds. The Hall–Kier alpha value is -3.68. The molecule has 0 bridgehead atoms. The monoisotopic (exact) mass is 397 g/mol. The van der Waals surface area contributed by atoms with Gasteiger partial charge in [0.25, 0.3) is 5.91 Å². The lowest BCUT2D eigenvalue weighted by Crippen LogP contribution is -2.47. The number of ketones is 1. The number of hydrogen-bond donors (Lipinski definition) is 3. The number of para-hydroxylation sites is 1. The quantitative estimate of drug-likeness (QED) is 0.464. The predicted octanol–water partition coefficient (Wildman–Crippen LogP) is 2.04. The fraction of sp³-hybridized carbons (Fsp3) is 0.238. The number of primary amides is 1. The van der Waals surface area contributed by atoms with Gasteiger partial charge in [-0.1, -0.05) is 42.5 Å². The first-order valence-electron chi connectivity index (χ1n) is 8.99. The second-order valence-electron chi connectivity index (χ2n) is 6.42. The van der Waals surface area contributed by atoms with Crippen molar-refractivity contribution in [3.8, 4) is 0 Å². The molecule has 0 saturated carbocycles. The highest BCUT2D eigenvalue weighted by atomic mass is 16.5. The molecule has 0 aromatic heterocycles. The molecular weight excluding hydrogens is 374 g/mol. The summed E-state index contributed by atoms with van der Waals surface area (Å²) >= 11 is 0. The van der Waals surface area contributed by atoms with Gasteiger partial charge in [-0.25, -0.2) is 9.59 Å². The molecule has 8 heteroatoms. The number of amides is 3. The molecule has 0 radical (unpaired) electrons. The standard InChI is InChI=1S/C21H23N3O5/c1-13(25)16-10-6-7-11-17(16)23-19(26)14(2)29-20(27)18(24-21(22)28)12-15-8-4-3-5-9-15/h3-11,14,18H,12H2,1-2H3,(H,23,26)(H3,22,24,28)/t14-,18+/m1/s1. The lowest BCUT2D eigenvalue weighted by molar-refractivity contribution is -0.155. The largest absolute Gasteiger partial charge is 0.451 e. The van der Waals surface area contributed by atoms with Crippen molar-refractivity contribution in [2.24, 2.45) is 5.73 Å².